The molecule has 0 aliphatic carbocycles. The maximum atomic E-state index is 4.49. The van der Waals surface area contributed by atoms with Gasteiger partial charge >= 0.3 is 0 Å². The van der Waals surface area contributed by atoms with Gasteiger partial charge in [-0.05, 0) is 25.1 Å². The molecule has 0 spiro atoms. The van der Waals surface area contributed by atoms with Crippen LogP contribution in [0.4, 0.5) is 0 Å². The van der Waals surface area contributed by atoms with Crippen molar-refractivity contribution in [2.24, 2.45) is 0 Å². The Kier molecular flexibility index (Phi) is 1.96. The van der Waals surface area contributed by atoms with Crippen LogP contribution in [-0.4, -0.2) is 14.8 Å². The first-order valence-electron chi connectivity index (χ1n) is 5.20. The van der Waals surface area contributed by atoms with Crippen molar-refractivity contribution in [3.63, 3.8) is 0 Å². The highest BCUT2D eigenvalue weighted by Gasteiger charge is 2.01. The SMILES string of the molecule is Cc1ccc(-n2cc3ccccc3n2)cn1. The van der Waals surface area contributed by atoms with Crippen molar-refractivity contribution < 1.29 is 0 Å². The van der Waals surface area contributed by atoms with Gasteiger partial charge in [-0.2, -0.15) is 5.10 Å². The van der Waals surface area contributed by atoms with Crippen LogP contribution in [0.15, 0.2) is 48.8 Å². The summed E-state index contributed by atoms with van der Waals surface area (Å²) in [5.74, 6) is 0. The number of aromatic nitrogens is 3. The molecule has 3 heteroatoms. The highest BCUT2D eigenvalue weighted by atomic mass is 15.3. The van der Waals surface area contributed by atoms with Gasteiger partial charge in [0.2, 0.25) is 0 Å². The number of rotatable bonds is 1. The quantitative estimate of drug-likeness (QED) is 0.617. The molecule has 0 saturated heterocycles. The summed E-state index contributed by atoms with van der Waals surface area (Å²) in [5, 5.41) is 5.63. The van der Waals surface area contributed by atoms with Gasteiger partial charge in [0.1, 0.15) is 0 Å². The summed E-state index contributed by atoms with van der Waals surface area (Å²) in [4.78, 5) is 4.26. The van der Waals surface area contributed by atoms with Crippen LogP contribution in [-0.2, 0) is 0 Å². The summed E-state index contributed by atoms with van der Waals surface area (Å²) in [7, 11) is 0. The Morgan fingerprint density at radius 3 is 2.69 bits per heavy atom. The van der Waals surface area contributed by atoms with E-state index in [9.17, 15) is 0 Å². The zero-order valence-corrected chi connectivity index (χ0v) is 8.96. The molecule has 0 aliphatic heterocycles. The van der Waals surface area contributed by atoms with Crippen LogP contribution in [0, 0.1) is 6.92 Å². The van der Waals surface area contributed by atoms with Crippen molar-refractivity contribution in [3.05, 3.63) is 54.5 Å². The molecule has 0 N–H and O–H groups in total. The summed E-state index contributed by atoms with van der Waals surface area (Å²) in [6.45, 7) is 1.98. The molecular weight excluding hydrogens is 198 g/mol. The van der Waals surface area contributed by atoms with Crippen molar-refractivity contribution >= 4 is 10.9 Å². The summed E-state index contributed by atoms with van der Waals surface area (Å²) >= 11 is 0. The summed E-state index contributed by atoms with van der Waals surface area (Å²) in [6, 6.07) is 12.1. The average molecular weight is 209 g/mol. The van der Waals surface area contributed by atoms with Gasteiger partial charge in [0, 0.05) is 17.3 Å². The second-order valence-electron chi connectivity index (χ2n) is 3.79. The molecule has 3 rings (SSSR count). The molecule has 3 aromatic rings. The molecule has 0 bridgehead atoms. The van der Waals surface area contributed by atoms with Gasteiger partial charge in [-0.1, -0.05) is 18.2 Å². The number of nitrogens with zero attached hydrogens (tertiary/aromatic N) is 3. The van der Waals surface area contributed by atoms with Crippen LogP contribution in [0.3, 0.4) is 0 Å². The van der Waals surface area contributed by atoms with Crippen LogP contribution in [0.1, 0.15) is 5.69 Å². The van der Waals surface area contributed by atoms with E-state index < -0.39 is 0 Å². The fraction of sp³-hybridized carbons (Fsp3) is 0.0769. The smallest absolute Gasteiger partial charge is 0.0927 e. The molecule has 0 aliphatic rings. The lowest BCUT2D eigenvalue weighted by molar-refractivity contribution is 0.886. The van der Waals surface area contributed by atoms with E-state index in [4.69, 9.17) is 0 Å². The molecule has 0 atom stereocenters. The summed E-state index contributed by atoms with van der Waals surface area (Å²) in [6.07, 6.45) is 3.85. The molecule has 3 nitrogen and oxygen atoms in total. The fourth-order valence-corrected chi connectivity index (χ4v) is 1.69. The Balaban J connectivity index is 2.15. The van der Waals surface area contributed by atoms with Gasteiger partial charge in [-0.3, -0.25) is 4.98 Å². The van der Waals surface area contributed by atoms with Crippen molar-refractivity contribution in [1.29, 1.82) is 0 Å². The maximum Gasteiger partial charge on any atom is 0.0927 e. The maximum absolute atomic E-state index is 4.49. The van der Waals surface area contributed by atoms with E-state index in [1.165, 1.54) is 0 Å². The van der Waals surface area contributed by atoms with E-state index in [-0.39, 0.29) is 0 Å². The van der Waals surface area contributed by atoms with Crippen molar-refractivity contribution in [1.82, 2.24) is 14.8 Å². The first-order valence-corrected chi connectivity index (χ1v) is 5.20. The number of hydrogen-bond acceptors (Lipinski definition) is 2. The van der Waals surface area contributed by atoms with Gasteiger partial charge in [0.05, 0.1) is 17.4 Å². The summed E-state index contributed by atoms with van der Waals surface area (Å²) < 4.78 is 1.86. The minimum Gasteiger partial charge on any atom is -0.259 e. The Bertz CT molecular complexity index is 590. The van der Waals surface area contributed by atoms with E-state index in [1.807, 2.05) is 54.3 Å². The number of hydrogen-bond donors (Lipinski definition) is 0. The van der Waals surface area contributed by atoms with E-state index in [1.54, 1.807) is 0 Å². The minimum absolute atomic E-state index is 0.988. The lowest BCUT2D eigenvalue weighted by atomic mass is 10.3. The molecule has 0 saturated carbocycles. The third-order valence-corrected chi connectivity index (χ3v) is 2.57. The first kappa shape index (κ1) is 9.09. The summed E-state index contributed by atoms with van der Waals surface area (Å²) in [5.41, 5.74) is 3.00. The lowest BCUT2D eigenvalue weighted by Crippen LogP contribution is -1.95. The zero-order chi connectivity index (χ0) is 11.0. The van der Waals surface area contributed by atoms with Crippen LogP contribution < -0.4 is 0 Å². The Hall–Kier alpha value is -2.16. The van der Waals surface area contributed by atoms with Gasteiger partial charge in [0.25, 0.3) is 0 Å². The fourth-order valence-electron chi connectivity index (χ4n) is 1.69. The number of aryl methyl sites for hydroxylation is 1. The molecule has 0 unspecified atom stereocenters. The third kappa shape index (κ3) is 1.46. The second kappa shape index (κ2) is 3.45. The van der Waals surface area contributed by atoms with Crippen LogP contribution in [0.5, 0.6) is 0 Å². The molecule has 1 aromatic carbocycles. The predicted octanol–water partition coefficient (Wildman–Crippen LogP) is 2.73. The van der Waals surface area contributed by atoms with E-state index in [2.05, 4.69) is 16.1 Å². The second-order valence-corrected chi connectivity index (χ2v) is 3.79. The van der Waals surface area contributed by atoms with Crippen molar-refractivity contribution in [3.8, 4) is 5.69 Å². The molecule has 16 heavy (non-hydrogen) atoms. The van der Waals surface area contributed by atoms with Crippen LogP contribution >= 0.6 is 0 Å². The van der Waals surface area contributed by atoms with Gasteiger partial charge in [0.15, 0.2) is 0 Å². The zero-order valence-electron chi connectivity index (χ0n) is 8.96. The molecule has 0 amide bonds. The average Bonchev–Trinajstić information content (AvgIpc) is 2.73. The number of fused-ring (bicyclic) bond motifs is 1. The standard InChI is InChI=1S/C13H11N3/c1-10-6-7-12(8-14-10)16-9-11-4-2-3-5-13(11)15-16/h2-9H,1H3. The minimum atomic E-state index is 0.988. The highest BCUT2D eigenvalue weighted by Crippen LogP contribution is 2.14. The molecular formula is C13H11N3. The largest absolute Gasteiger partial charge is 0.259 e. The first-order chi connectivity index (χ1) is 7.83. The number of pyridine rings is 1. The topological polar surface area (TPSA) is 30.7 Å². The van der Waals surface area contributed by atoms with Crippen LogP contribution in [0.2, 0.25) is 0 Å². The Labute approximate surface area is 93.4 Å². The normalized spacial score (nSPS) is 10.8. The molecule has 2 heterocycles. The van der Waals surface area contributed by atoms with Crippen LogP contribution in [0.25, 0.3) is 16.6 Å². The predicted molar refractivity (Wildman–Crippen MR) is 63.6 cm³/mol. The Morgan fingerprint density at radius 1 is 1.06 bits per heavy atom. The number of benzene rings is 1. The molecule has 0 fully saturated rings. The highest BCUT2D eigenvalue weighted by molar-refractivity contribution is 5.78. The third-order valence-electron chi connectivity index (χ3n) is 2.57. The van der Waals surface area contributed by atoms with E-state index in [0.29, 0.717) is 0 Å². The monoisotopic (exact) mass is 209 g/mol. The van der Waals surface area contributed by atoms with E-state index in [0.717, 1.165) is 22.3 Å². The van der Waals surface area contributed by atoms with E-state index >= 15 is 0 Å². The Morgan fingerprint density at radius 2 is 1.94 bits per heavy atom. The molecule has 78 valence electrons. The van der Waals surface area contributed by atoms with Crippen molar-refractivity contribution in [2.75, 3.05) is 0 Å². The van der Waals surface area contributed by atoms with Gasteiger partial charge in [-0.25, -0.2) is 4.68 Å². The molecule has 2 aromatic heterocycles. The lowest BCUT2D eigenvalue weighted by Gasteiger charge is -1.99. The van der Waals surface area contributed by atoms with Crippen molar-refractivity contribution in [2.45, 2.75) is 6.92 Å². The molecule has 0 radical (unpaired) electrons. The van der Waals surface area contributed by atoms with Gasteiger partial charge < -0.3 is 0 Å². The van der Waals surface area contributed by atoms with Gasteiger partial charge in [-0.15, -0.1) is 0 Å².